The highest BCUT2D eigenvalue weighted by Crippen LogP contribution is 2.27. The molecule has 1 aliphatic heterocycles. The Bertz CT molecular complexity index is 311. The molecule has 1 fully saturated rings. The second-order valence-corrected chi connectivity index (χ2v) is 3.89. The third-order valence-corrected chi connectivity index (χ3v) is 2.35. The summed E-state index contributed by atoms with van der Waals surface area (Å²) >= 11 is 0. The first-order valence-corrected chi connectivity index (χ1v) is 4.89. The van der Waals surface area contributed by atoms with Crippen molar-refractivity contribution >= 4 is 0 Å². The average molecular weight is 197 g/mol. The maximum Gasteiger partial charge on any atom is 0.257 e. The normalized spacial score (nSPS) is 27.4. The van der Waals surface area contributed by atoms with Crippen LogP contribution in [0.2, 0.25) is 0 Å². The first kappa shape index (κ1) is 9.61. The molecule has 0 unspecified atom stereocenters. The molecule has 0 amide bonds. The Morgan fingerprint density at radius 2 is 2.29 bits per heavy atom. The summed E-state index contributed by atoms with van der Waals surface area (Å²) < 4.78 is 10.5. The Kier molecular flexibility index (Phi) is 2.52. The number of aromatic nitrogens is 2. The van der Waals surface area contributed by atoms with Crippen LogP contribution in [0.25, 0.3) is 0 Å². The molecule has 1 aromatic heterocycles. The maximum atomic E-state index is 5.84. The molecule has 5 nitrogen and oxygen atoms in total. The van der Waals surface area contributed by atoms with Gasteiger partial charge in [0.2, 0.25) is 0 Å². The van der Waals surface area contributed by atoms with Crippen LogP contribution in [0.1, 0.15) is 44.0 Å². The second-order valence-electron chi connectivity index (χ2n) is 3.89. The van der Waals surface area contributed by atoms with Crippen molar-refractivity contribution in [3.63, 3.8) is 0 Å². The van der Waals surface area contributed by atoms with E-state index >= 15 is 0 Å². The van der Waals surface area contributed by atoms with Gasteiger partial charge in [-0.2, -0.15) is 4.98 Å². The van der Waals surface area contributed by atoms with Gasteiger partial charge >= 0.3 is 0 Å². The number of hydrogen-bond acceptors (Lipinski definition) is 5. The van der Waals surface area contributed by atoms with Crippen LogP contribution in [0.15, 0.2) is 4.52 Å². The Hall–Kier alpha value is -0.940. The summed E-state index contributed by atoms with van der Waals surface area (Å²) in [6, 6.07) is -0.0181. The van der Waals surface area contributed by atoms with E-state index in [-0.39, 0.29) is 18.1 Å². The van der Waals surface area contributed by atoms with E-state index in [2.05, 4.69) is 10.1 Å². The van der Waals surface area contributed by atoms with Crippen LogP contribution in [-0.4, -0.2) is 22.8 Å². The Balaban J connectivity index is 2.16. The third-order valence-electron chi connectivity index (χ3n) is 2.35. The van der Waals surface area contributed by atoms with Crippen molar-refractivity contribution in [3.8, 4) is 0 Å². The molecule has 0 bridgehead atoms. The zero-order chi connectivity index (χ0) is 10.1. The molecule has 0 saturated carbocycles. The van der Waals surface area contributed by atoms with E-state index in [9.17, 15) is 0 Å². The molecular weight excluding hydrogens is 182 g/mol. The van der Waals surface area contributed by atoms with Crippen molar-refractivity contribution in [1.29, 1.82) is 0 Å². The zero-order valence-electron chi connectivity index (χ0n) is 8.43. The smallest absolute Gasteiger partial charge is 0.257 e. The highest BCUT2D eigenvalue weighted by Gasteiger charge is 2.31. The van der Waals surface area contributed by atoms with E-state index in [1.54, 1.807) is 0 Å². The van der Waals surface area contributed by atoms with Gasteiger partial charge in [0.1, 0.15) is 0 Å². The van der Waals surface area contributed by atoms with Gasteiger partial charge in [0.05, 0.1) is 0 Å². The third kappa shape index (κ3) is 1.65. The Morgan fingerprint density at radius 1 is 1.50 bits per heavy atom. The molecule has 2 rings (SSSR count). The lowest BCUT2D eigenvalue weighted by atomic mass is 10.1. The first-order valence-electron chi connectivity index (χ1n) is 4.89. The summed E-state index contributed by atoms with van der Waals surface area (Å²) in [5, 5.41) is 3.87. The Labute approximate surface area is 82.6 Å². The van der Waals surface area contributed by atoms with Crippen molar-refractivity contribution in [2.24, 2.45) is 5.73 Å². The van der Waals surface area contributed by atoms with Crippen molar-refractivity contribution in [3.05, 3.63) is 11.7 Å². The molecule has 1 saturated heterocycles. The van der Waals surface area contributed by atoms with E-state index in [0.717, 1.165) is 6.42 Å². The molecule has 0 aliphatic carbocycles. The summed E-state index contributed by atoms with van der Waals surface area (Å²) in [6.45, 7) is 4.71. The molecule has 2 N–H and O–H groups in total. The lowest BCUT2D eigenvalue weighted by Crippen LogP contribution is -2.23. The van der Waals surface area contributed by atoms with Crippen molar-refractivity contribution in [1.82, 2.24) is 10.1 Å². The van der Waals surface area contributed by atoms with Crippen molar-refractivity contribution < 1.29 is 9.26 Å². The van der Waals surface area contributed by atoms with Crippen LogP contribution >= 0.6 is 0 Å². The lowest BCUT2D eigenvalue weighted by Gasteiger charge is -2.08. The summed E-state index contributed by atoms with van der Waals surface area (Å²) in [7, 11) is 0. The first-order chi connectivity index (χ1) is 6.68. The predicted octanol–water partition coefficient (Wildman–Crippen LogP) is 0.982. The van der Waals surface area contributed by atoms with E-state index in [4.69, 9.17) is 15.0 Å². The molecular formula is C9H15N3O2. The molecule has 0 spiro atoms. The second kappa shape index (κ2) is 3.67. The minimum Gasteiger partial charge on any atom is -0.367 e. The predicted molar refractivity (Wildman–Crippen MR) is 49.7 cm³/mol. The van der Waals surface area contributed by atoms with Crippen LogP contribution in [0.3, 0.4) is 0 Å². The molecule has 0 radical (unpaired) electrons. The monoisotopic (exact) mass is 197 g/mol. The molecule has 14 heavy (non-hydrogen) atoms. The lowest BCUT2D eigenvalue weighted by molar-refractivity contribution is 0.0767. The highest BCUT2D eigenvalue weighted by molar-refractivity contribution is 4.98. The molecule has 5 heteroatoms. The van der Waals surface area contributed by atoms with Crippen molar-refractivity contribution in [2.75, 3.05) is 6.61 Å². The van der Waals surface area contributed by atoms with Gasteiger partial charge in [-0.1, -0.05) is 19.0 Å². The summed E-state index contributed by atoms with van der Waals surface area (Å²) in [4.78, 5) is 4.26. The number of ether oxygens (including phenoxy) is 1. The van der Waals surface area contributed by atoms with E-state index in [1.165, 1.54) is 0 Å². The molecule has 1 aromatic rings. The zero-order valence-corrected chi connectivity index (χ0v) is 8.43. The minimum atomic E-state index is -0.213. The minimum absolute atomic E-state index is 0.0181. The van der Waals surface area contributed by atoms with Crippen LogP contribution in [0, 0.1) is 0 Å². The molecule has 78 valence electrons. The number of nitrogens with two attached hydrogens (primary N) is 1. The van der Waals surface area contributed by atoms with Gasteiger partial charge in [0, 0.05) is 18.6 Å². The summed E-state index contributed by atoms with van der Waals surface area (Å²) in [5.41, 5.74) is 5.84. The van der Waals surface area contributed by atoms with Crippen LogP contribution in [0.4, 0.5) is 0 Å². The van der Waals surface area contributed by atoms with Gasteiger partial charge in [-0.05, 0) is 6.42 Å². The maximum absolute atomic E-state index is 5.84. The van der Waals surface area contributed by atoms with E-state index < -0.39 is 0 Å². The van der Waals surface area contributed by atoms with Gasteiger partial charge in [0.15, 0.2) is 11.9 Å². The van der Waals surface area contributed by atoms with Gasteiger partial charge < -0.3 is 15.0 Å². The molecule has 1 aliphatic rings. The Morgan fingerprint density at radius 3 is 2.79 bits per heavy atom. The van der Waals surface area contributed by atoms with Gasteiger partial charge in [-0.25, -0.2) is 0 Å². The van der Waals surface area contributed by atoms with Crippen LogP contribution in [0.5, 0.6) is 0 Å². The van der Waals surface area contributed by atoms with E-state index in [1.807, 2.05) is 13.8 Å². The fraction of sp³-hybridized carbons (Fsp3) is 0.778. The summed E-state index contributed by atoms with van der Waals surface area (Å²) in [6.07, 6.45) is 0.638. The SMILES string of the molecule is CC(C)c1noc([C@@H]2OCC[C@@H]2N)n1. The number of nitrogens with zero attached hydrogens (tertiary/aromatic N) is 2. The van der Waals surface area contributed by atoms with Crippen LogP contribution < -0.4 is 5.73 Å². The number of hydrogen-bond donors (Lipinski definition) is 1. The van der Waals surface area contributed by atoms with E-state index in [0.29, 0.717) is 18.3 Å². The highest BCUT2D eigenvalue weighted by atomic mass is 16.5. The average Bonchev–Trinajstić information content (AvgIpc) is 2.71. The fourth-order valence-electron chi connectivity index (χ4n) is 1.46. The fourth-order valence-corrected chi connectivity index (χ4v) is 1.46. The molecule has 0 aromatic carbocycles. The standard InChI is InChI=1S/C9H15N3O2/c1-5(2)8-11-9(14-12-8)7-6(10)3-4-13-7/h5-7H,3-4,10H2,1-2H3/t6-,7+/m0/s1. The topological polar surface area (TPSA) is 74.2 Å². The largest absolute Gasteiger partial charge is 0.367 e. The van der Waals surface area contributed by atoms with Gasteiger partial charge in [-0.3, -0.25) is 0 Å². The summed E-state index contributed by atoms with van der Waals surface area (Å²) in [5.74, 6) is 1.49. The van der Waals surface area contributed by atoms with Crippen molar-refractivity contribution in [2.45, 2.75) is 38.3 Å². The van der Waals surface area contributed by atoms with Gasteiger partial charge in [0.25, 0.3) is 5.89 Å². The number of rotatable bonds is 2. The van der Waals surface area contributed by atoms with Gasteiger partial charge in [-0.15, -0.1) is 0 Å². The quantitative estimate of drug-likeness (QED) is 0.765. The molecule has 2 heterocycles. The van der Waals surface area contributed by atoms with Crippen LogP contribution in [-0.2, 0) is 4.74 Å². The molecule has 2 atom stereocenters.